The number of halogens is 1. The number of nitrogens with one attached hydrogen (secondary N) is 1. The lowest BCUT2D eigenvalue weighted by Crippen LogP contribution is -1.89. The highest BCUT2D eigenvalue weighted by Crippen LogP contribution is 2.31. The molecule has 8 nitrogen and oxygen atoms in total. The summed E-state index contributed by atoms with van der Waals surface area (Å²) in [7, 11) is 1.54. The number of hydrogen-bond acceptors (Lipinski definition) is 7. The molecule has 0 amide bonds. The van der Waals surface area contributed by atoms with E-state index in [1.807, 2.05) is 0 Å². The molecular weight excluding hydrogens is 284 g/mol. The van der Waals surface area contributed by atoms with E-state index in [1.165, 1.54) is 7.11 Å². The van der Waals surface area contributed by atoms with E-state index in [0.29, 0.717) is 28.0 Å². The molecule has 0 bridgehead atoms. The fourth-order valence-electron chi connectivity index (χ4n) is 1.65. The van der Waals surface area contributed by atoms with Crippen LogP contribution in [0.1, 0.15) is 0 Å². The van der Waals surface area contributed by atoms with Crippen molar-refractivity contribution in [2.45, 2.75) is 0 Å². The van der Waals surface area contributed by atoms with Crippen LogP contribution in [0.5, 0.6) is 5.75 Å². The highest BCUT2D eigenvalue weighted by atomic mass is 35.5. The SMILES string of the molecule is COc1cc(Cl)ccc1-c1noc(-c2nc(N)n[nH]2)n1. The molecule has 2 aromatic heterocycles. The Morgan fingerprint density at radius 2 is 2.20 bits per heavy atom. The zero-order valence-electron chi connectivity index (χ0n) is 10.3. The molecule has 20 heavy (non-hydrogen) atoms. The lowest BCUT2D eigenvalue weighted by Gasteiger charge is -2.04. The lowest BCUT2D eigenvalue weighted by molar-refractivity contribution is 0.413. The van der Waals surface area contributed by atoms with Gasteiger partial charge in [-0.2, -0.15) is 9.97 Å². The Labute approximate surface area is 117 Å². The molecule has 0 fully saturated rings. The molecule has 0 aliphatic carbocycles. The maximum absolute atomic E-state index is 5.91. The standard InChI is InChI=1S/C11H9ClN6O2/c1-19-7-4-5(12)2-3-6(7)8-14-10(20-18-8)9-15-11(13)17-16-9/h2-4H,1H3,(H3,13,15,16,17). The van der Waals surface area contributed by atoms with Crippen molar-refractivity contribution >= 4 is 17.5 Å². The Balaban J connectivity index is 2.02. The molecule has 0 spiro atoms. The Kier molecular flexibility index (Phi) is 2.99. The van der Waals surface area contributed by atoms with Gasteiger partial charge in [-0.3, -0.25) is 5.10 Å². The quantitative estimate of drug-likeness (QED) is 0.755. The van der Waals surface area contributed by atoms with Gasteiger partial charge < -0.3 is 15.0 Å². The van der Waals surface area contributed by atoms with E-state index in [4.69, 9.17) is 26.6 Å². The summed E-state index contributed by atoms with van der Waals surface area (Å²) < 4.78 is 10.3. The molecule has 0 aliphatic heterocycles. The largest absolute Gasteiger partial charge is 0.496 e. The number of nitrogens with two attached hydrogens (primary N) is 1. The Hall–Kier alpha value is -2.61. The molecule has 3 aromatic rings. The van der Waals surface area contributed by atoms with E-state index in [2.05, 4.69) is 25.3 Å². The molecule has 1 aromatic carbocycles. The molecule has 2 heterocycles. The summed E-state index contributed by atoms with van der Waals surface area (Å²) in [5, 5.41) is 10.7. The number of hydrogen-bond donors (Lipinski definition) is 2. The first-order valence-electron chi connectivity index (χ1n) is 5.53. The van der Waals surface area contributed by atoms with Crippen LogP contribution in [0.2, 0.25) is 5.02 Å². The third-order valence-corrected chi connectivity index (χ3v) is 2.77. The van der Waals surface area contributed by atoms with Crippen molar-refractivity contribution in [1.29, 1.82) is 0 Å². The molecule has 3 rings (SSSR count). The number of benzene rings is 1. The van der Waals surface area contributed by atoms with Crippen molar-refractivity contribution in [2.75, 3.05) is 12.8 Å². The van der Waals surface area contributed by atoms with Gasteiger partial charge in [-0.15, -0.1) is 5.10 Å². The topological polar surface area (TPSA) is 116 Å². The van der Waals surface area contributed by atoms with Gasteiger partial charge in [0.05, 0.1) is 12.7 Å². The van der Waals surface area contributed by atoms with Crippen LogP contribution in [-0.4, -0.2) is 32.4 Å². The summed E-state index contributed by atoms with van der Waals surface area (Å²) in [5.74, 6) is 1.48. The zero-order valence-corrected chi connectivity index (χ0v) is 11.0. The van der Waals surface area contributed by atoms with Crippen molar-refractivity contribution in [1.82, 2.24) is 25.3 Å². The van der Waals surface area contributed by atoms with Gasteiger partial charge in [0.1, 0.15) is 5.75 Å². The number of nitrogen functional groups attached to an aromatic ring is 1. The molecule has 0 unspecified atom stereocenters. The monoisotopic (exact) mass is 292 g/mol. The first-order chi connectivity index (χ1) is 9.67. The van der Waals surface area contributed by atoms with Gasteiger partial charge in [0, 0.05) is 5.02 Å². The van der Waals surface area contributed by atoms with Crippen LogP contribution < -0.4 is 10.5 Å². The highest BCUT2D eigenvalue weighted by molar-refractivity contribution is 6.30. The van der Waals surface area contributed by atoms with E-state index < -0.39 is 0 Å². The highest BCUT2D eigenvalue weighted by Gasteiger charge is 2.16. The molecule has 3 N–H and O–H groups in total. The van der Waals surface area contributed by atoms with Crippen LogP contribution in [-0.2, 0) is 0 Å². The third-order valence-electron chi connectivity index (χ3n) is 2.54. The van der Waals surface area contributed by atoms with Crippen LogP contribution in [0.25, 0.3) is 23.1 Å². The first-order valence-corrected chi connectivity index (χ1v) is 5.91. The van der Waals surface area contributed by atoms with E-state index in [9.17, 15) is 0 Å². The summed E-state index contributed by atoms with van der Waals surface area (Å²) in [6.45, 7) is 0. The van der Waals surface area contributed by atoms with Crippen molar-refractivity contribution in [2.24, 2.45) is 0 Å². The van der Waals surface area contributed by atoms with Crippen molar-refractivity contribution in [3.63, 3.8) is 0 Å². The van der Waals surface area contributed by atoms with E-state index in [0.717, 1.165) is 0 Å². The number of aromatic nitrogens is 5. The molecule has 0 radical (unpaired) electrons. The molecule has 9 heteroatoms. The van der Waals surface area contributed by atoms with Crippen molar-refractivity contribution in [3.8, 4) is 28.9 Å². The van der Waals surface area contributed by atoms with Gasteiger partial charge in [-0.25, -0.2) is 0 Å². The third kappa shape index (κ3) is 2.16. The maximum Gasteiger partial charge on any atom is 0.295 e. The minimum absolute atomic E-state index is 0.101. The summed E-state index contributed by atoms with van der Waals surface area (Å²) in [5.41, 5.74) is 6.07. The van der Waals surface area contributed by atoms with Gasteiger partial charge in [-0.05, 0) is 18.2 Å². The van der Waals surface area contributed by atoms with Gasteiger partial charge in [0.15, 0.2) is 0 Å². The molecule has 102 valence electrons. The number of anilines is 1. The minimum atomic E-state index is 0.101. The number of methoxy groups -OCH3 is 1. The second-order valence-corrected chi connectivity index (χ2v) is 4.25. The second kappa shape index (κ2) is 4.82. The molecule has 0 aliphatic rings. The smallest absolute Gasteiger partial charge is 0.295 e. The number of ether oxygens (including phenoxy) is 1. The molecule has 0 atom stereocenters. The van der Waals surface area contributed by atoms with Gasteiger partial charge >= 0.3 is 0 Å². The minimum Gasteiger partial charge on any atom is -0.496 e. The Morgan fingerprint density at radius 3 is 2.90 bits per heavy atom. The van der Waals surface area contributed by atoms with Crippen LogP contribution in [0.3, 0.4) is 0 Å². The summed E-state index contributed by atoms with van der Waals surface area (Å²) in [6.07, 6.45) is 0. The van der Waals surface area contributed by atoms with Gasteiger partial charge in [-0.1, -0.05) is 16.8 Å². The summed E-state index contributed by atoms with van der Waals surface area (Å²) in [6, 6.07) is 5.12. The number of aromatic amines is 1. The predicted molar refractivity (Wildman–Crippen MR) is 71.1 cm³/mol. The number of rotatable bonds is 3. The summed E-state index contributed by atoms with van der Waals surface area (Å²) in [4.78, 5) is 8.12. The van der Waals surface area contributed by atoms with Gasteiger partial charge in [0.25, 0.3) is 5.89 Å². The first kappa shape index (κ1) is 12.4. The number of H-pyrrole nitrogens is 1. The molecular formula is C11H9ClN6O2. The fraction of sp³-hybridized carbons (Fsp3) is 0.0909. The normalized spacial score (nSPS) is 10.7. The molecule has 0 saturated carbocycles. The van der Waals surface area contributed by atoms with Crippen LogP contribution in [0.4, 0.5) is 5.95 Å². The lowest BCUT2D eigenvalue weighted by atomic mass is 10.2. The number of nitrogens with zero attached hydrogens (tertiary/aromatic N) is 4. The van der Waals surface area contributed by atoms with E-state index >= 15 is 0 Å². The maximum atomic E-state index is 5.91. The van der Waals surface area contributed by atoms with Crippen molar-refractivity contribution < 1.29 is 9.26 Å². The fourth-order valence-corrected chi connectivity index (χ4v) is 1.81. The second-order valence-electron chi connectivity index (χ2n) is 3.81. The van der Waals surface area contributed by atoms with Crippen LogP contribution >= 0.6 is 11.6 Å². The average Bonchev–Trinajstić information content (AvgIpc) is 3.07. The van der Waals surface area contributed by atoms with Gasteiger partial charge in [0.2, 0.25) is 17.6 Å². The summed E-state index contributed by atoms with van der Waals surface area (Å²) >= 11 is 5.91. The zero-order chi connectivity index (χ0) is 14.1. The van der Waals surface area contributed by atoms with Crippen molar-refractivity contribution in [3.05, 3.63) is 23.2 Å². The van der Waals surface area contributed by atoms with E-state index in [1.54, 1.807) is 18.2 Å². The Morgan fingerprint density at radius 1 is 1.35 bits per heavy atom. The predicted octanol–water partition coefficient (Wildman–Crippen LogP) is 1.77. The molecule has 0 saturated heterocycles. The Bertz CT molecular complexity index is 753. The average molecular weight is 293 g/mol. The van der Waals surface area contributed by atoms with Crippen LogP contribution in [0, 0.1) is 0 Å². The van der Waals surface area contributed by atoms with Crippen LogP contribution in [0.15, 0.2) is 22.7 Å². The van der Waals surface area contributed by atoms with E-state index in [-0.39, 0.29) is 11.8 Å².